The van der Waals surface area contributed by atoms with E-state index in [1.807, 2.05) is 16.3 Å². The maximum absolute atomic E-state index is 11.4. The third-order valence-electron chi connectivity index (χ3n) is 3.51. The summed E-state index contributed by atoms with van der Waals surface area (Å²) >= 11 is 1.64. The van der Waals surface area contributed by atoms with Crippen molar-refractivity contribution in [3.05, 3.63) is 28.0 Å². The lowest BCUT2D eigenvalue weighted by Gasteiger charge is -2.20. The molecule has 0 unspecified atom stereocenters. The number of hydrogen-bond acceptors (Lipinski definition) is 4. The molecular formula is C15H20N2O3S. The zero-order valence-electron chi connectivity index (χ0n) is 12.1. The molecule has 1 aliphatic rings. The van der Waals surface area contributed by atoms with E-state index in [9.17, 15) is 9.59 Å². The molecule has 2 heterocycles. The second-order valence-corrected chi connectivity index (χ2v) is 6.15. The van der Waals surface area contributed by atoms with Crippen LogP contribution in [0.2, 0.25) is 0 Å². The Balaban J connectivity index is 1.90. The van der Waals surface area contributed by atoms with Crippen LogP contribution in [0.1, 0.15) is 23.8 Å². The first-order valence-electron chi connectivity index (χ1n) is 7.01. The summed E-state index contributed by atoms with van der Waals surface area (Å²) < 4.78 is 0. The fraction of sp³-hybridized carbons (Fsp3) is 0.467. The number of amides is 1. The van der Waals surface area contributed by atoms with Gasteiger partial charge < -0.3 is 10.0 Å². The zero-order valence-corrected chi connectivity index (χ0v) is 12.9. The molecule has 1 aromatic rings. The minimum absolute atomic E-state index is 0.147. The highest BCUT2D eigenvalue weighted by atomic mass is 32.1. The maximum Gasteiger partial charge on any atom is 0.328 e. The summed E-state index contributed by atoms with van der Waals surface area (Å²) in [6.07, 6.45) is 3.77. The second-order valence-electron chi connectivity index (χ2n) is 5.15. The zero-order chi connectivity index (χ0) is 15.2. The first-order valence-corrected chi connectivity index (χ1v) is 7.89. The van der Waals surface area contributed by atoms with Crippen molar-refractivity contribution < 1.29 is 14.7 Å². The lowest BCUT2D eigenvalue weighted by atomic mass is 10.2. The van der Waals surface area contributed by atoms with E-state index >= 15 is 0 Å². The van der Waals surface area contributed by atoms with E-state index < -0.39 is 5.97 Å². The Morgan fingerprint density at radius 3 is 2.86 bits per heavy atom. The summed E-state index contributed by atoms with van der Waals surface area (Å²) in [5.74, 6) is -0.784. The van der Waals surface area contributed by atoms with E-state index in [0.29, 0.717) is 0 Å². The molecule has 0 radical (unpaired) electrons. The van der Waals surface area contributed by atoms with Crippen molar-refractivity contribution >= 4 is 29.3 Å². The standard InChI is InChI=1S/C15H20N2O3S/c1-12(18)17-6-2-5-16(7-8-17)10-14-9-13(11-21-14)3-4-15(19)20/h3-4,9,11H,2,5-8,10H2,1H3,(H,19,20). The van der Waals surface area contributed by atoms with Gasteiger partial charge in [-0.3, -0.25) is 9.69 Å². The molecule has 6 heteroatoms. The van der Waals surface area contributed by atoms with Gasteiger partial charge in [-0.1, -0.05) is 0 Å². The average molecular weight is 308 g/mol. The Morgan fingerprint density at radius 2 is 2.14 bits per heavy atom. The molecule has 1 aromatic heterocycles. The molecule has 21 heavy (non-hydrogen) atoms. The van der Waals surface area contributed by atoms with Crippen molar-refractivity contribution in [2.24, 2.45) is 0 Å². The van der Waals surface area contributed by atoms with Crippen LogP contribution in [-0.2, 0) is 16.1 Å². The second kappa shape index (κ2) is 7.38. The smallest absolute Gasteiger partial charge is 0.328 e. The maximum atomic E-state index is 11.4. The molecule has 0 bridgehead atoms. The molecule has 1 aliphatic heterocycles. The molecule has 114 valence electrons. The van der Waals surface area contributed by atoms with Crippen molar-refractivity contribution in [1.29, 1.82) is 0 Å². The van der Waals surface area contributed by atoms with Gasteiger partial charge in [-0.2, -0.15) is 0 Å². The first kappa shape index (κ1) is 15.7. The summed E-state index contributed by atoms with van der Waals surface area (Å²) in [7, 11) is 0. The third kappa shape index (κ3) is 4.99. The fourth-order valence-electron chi connectivity index (χ4n) is 2.40. The van der Waals surface area contributed by atoms with E-state index in [1.54, 1.807) is 24.3 Å². The van der Waals surface area contributed by atoms with Crippen LogP contribution in [0.4, 0.5) is 0 Å². The molecule has 0 saturated carbocycles. The summed E-state index contributed by atoms with van der Waals surface area (Å²) in [6.45, 7) is 5.97. The lowest BCUT2D eigenvalue weighted by Crippen LogP contribution is -2.33. The number of thiophene rings is 1. The van der Waals surface area contributed by atoms with Gasteiger partial charge in [-0.25, -0.2) is 4.79 Å². The van der Waals surface area contributed by atoms with Crippen LogP contribution in [0.15, 0.2) is 17.5 Å². The molecule has 5 nitrogen and oxygen atoms in total. The van der Waals surface area contributed by atoms with Crippen LogP contribution >= 0.6 is 11.3 Å². The Kier molecular flexibility index (Phi) is 5.52. The highest BCUT2D eigenvalue weighted by Gasteiger charge is 2.16. The minimum Gasteiger partial charge on any atom is -0.478 e. The molecule has 2 rings (SSSR count). The van der Waals surface area contributed by atoms with Gasteiger partial charge >= 0.3 is 5.97 Å². The van der Waals surface area contributed by atoms with E-state index in [1.165, 1.54) is 4.88 Å². The molecule has 1 saturated heterocycles. The highest BCUT2D eigenvalue weighted by molar-refractivity contribution is 7.10. The van der Waals surface area contributed by atoms with Gasteiger partial charge in [0, 0.05) is 50.6 Å². The van der Waals surface area contributed by atoms with Crippen molar-refractivity contribution in [1.82, 2.24) is 9.80 Å². The van der Waals surface area contributed by atoms with Crippen LogP contribution in [0, 0.1) is 0 Å². The van der Waals surface area contributed by atoms with Gasteiger partial charge in [-0.15, -0.1) is 11.3 Å². The summed E-state index contributed by atoms with van der Waals surface area (Å²) in [5, 5.41) is 10.6. The van der Waals surface area contributed by atoms with Gasteiger partial charge in [0.1, 0.15) is 0 Å². The minimum atomic E-state index is -0.931. The molecule has 1 fully saturated rings. The van der Waals surface area contributed by atoms with Crippen molar-refractivity contribution in [2.75, 3.05) is 26.2 Å². The fourth-order valence-corrected chi connectivity index (χ4v) is 3.30. The monoisotopic (exact) mass is 308 g/mol. The van der Waals surface area contributed by atoms with E-state index in [0.717, 1.165) is 50.8 Å². The molecule has 0 aliphatic carbocycles. The largest absolute Gasteiger partial charge is 0.478 e. The SMILES string of the molecule is CC(=O)N1CCCN(Cc2cc(C=CC(=O)O)cs2)CC1. The van der Waals surface area contributed by atoms with Crippen LogP contribution in [0.3, 0.4) is 0 Å². The van der Waals surface area contributed by atoms with Crippen molar-refractivity contribution in [3.8, 4) is 0 Å². The number of carbonyl (C=O) groups excluding carboxylic acids is 1. The van der Waals surface area contributed by atoms with Crippen LogP contribution in [0.5, 0.6) is 0 Å². The molecule has 0 atom stereocenters. The number of aliphatic carboxylic acids is 1. The molecule has 1 amide bonds. The van der Waals surface area contributed by atoms with E-state index in [-0.39, 0.29) is 5.91 Å². The summed E-state index contributed by atoms with van der Waals surface area (Å²) in [4.78, 5) is 27.4. The average Bonchev–Trinajstić information content (AvgIpc) is 2.73. The number of carbonyl (C=O) groups is 2. The Labute approximate surface area is 128 Å². The highest BCUT2D eigenvalue weighted by Crippen LogP contribution is 2.19. The van der Waals surface area contributed by atoms with E-state index in [2.05, 4.69) is 4.90 Å². The predicted molar refractivity (Wildman–Crippen MR) is 83.1 cm³/mol. The molecule has 1 N–H and O–H groups in total. The van der Waals surface area contributed by atoms with Crippen molar-refractivity contribution in [2.45, 2.75) is 19.9 Å². The Hall–Kier alpha value is -1.66. The van der Waals surface area contributed by atoms with Gasteiger partial charge in [0.25, 0.3) is 0 Å². The number of hydrogen-bond donors (Lipinski definition) is 1. The molecule has 0 spiro atoms. The molecular weight excluding hydrogens is 288 g/mol. The topological polar surface area (TPSA) is 60.9 Å². The van der Waals surface area contributed by atoms with E-state index in [4.69, 9.17) is 5.11 Å². The normalized spacial score (nSPS) is 17.1. The number of carboxylic acids is 1. The predicted octanol–water partition coefficient (Wildman–Crippen LogP) is 1.90. The van der Waals surface area contributed by atoms with Crippen molar-refractivity contribution in [3.63, 3.8) is 0 Å². The van der Waals surface area contributed by atoms with Gasteiger partial charge in [0.2, 0.25) is 5.91 Å². The number of carboxylic acid groups (broad SMARTS) is 1. The van der Waals surface area contributed by atoms with Crippen LogP contribution in [-0.4, -0.2) is 53.0 Å². The van der Waals surface area contributed by atoms with Crippen LogP contribution < -0.4 is 0 Å². The lowest BCUT2D eigenvalue weighted by molar-refractivity contribution is -0.131. The Morgan fingerprint density at radius 1 is 1.33 bits per heavy atom. The number of nitrogens with zero attached hydrogens (tertiary/aromatic N) is 2. The van der Waals surface area contributed by atoms with Crippen LogP contribution in [0.25, 0.3) is 6.08 Å². The number of rotatable bonds is 4. The summed E-state index contributed by atoms with van der Waals surface area (Å²) in [6, 6.07) is 2.03. The summed E-state index contributed by atoms with van der Waals surface area (Å²) in [5.41, 5.74) is 0.928. The van der Waals surface area contributed by atoms with Gasteiger partial charge in [0.15, 0.2) is 0 Å². The van der Waals surface area contributed by atoms with Gasteiger partial charge in [0.05, 0.1) is 0 Å². The quantitative estimate of drug-likeness (QED) is 0.863. The third-order valence-corrected chi connectivity index (χ3v) is 4.45. The Bertz CT molecular complexity index is 539. The molecule has 0 aromatic carbocycles. The first-order chi connectivity index (χ1) is 10.0. The van der Waals surface area contributed by atoms with Gasteiger partial charge in [-0.05, 0) is 29.5 Å².